The van der Waals surface area contributed by atoms with Gasteiger partial charge in [0.2, 0.25) is 17.5 Å². The SMILES string of the molecule is CCCC(=O)OC[C@@H](O)CN[C@@H](c1nc(-c2cc(OC)c(OC)c(OC)c2)no1)C(C)C. The number of hydrogen-bond donors (Lipinski definition) is 2. The summed E-state index contributed by atoms with van der Waals surface area (Å²) in [4.78, 5) is 16.0. The monoisotopic (exact) mass is 451 g/mol. The molecule has 2 atom stereocenters. The number of hydrogen-bond acceptors (Lipinski definition) is 10. The van der Waals surface area contributed by atoms with Gasteiger partial charge < -0.3 is 33.9 Å². The van der Waals surface area contributed by atoms with Crippen LogP contribution in [0.3, 0.4) is 0 Å². The molecule has 0 spiro atoms. The third kappa shape index (κ3) is 6.57. The Balaban J connectivity index is 2.13. The van der Waals surface area contributed by atoms with Crippen LogP contribution in [0.4, 0.5) is 0 Å². The third-order valence-corrected chi connectivity index (χ3v) is 4.76. The van der Waals surface area contributed by atoms with Crippen LogP contribution >= 0.6 is 0 Å². The largest absolute Gasteiger partial charge is 0.493 e. The van der Waals surface area contributed by atoms with Crippen molar-refractivity contribution in [1.82, 2.24) is 15.5 Å². The van der Waals surface area contributed by atoms with Crippen LogP contribution in [0.1, 0.15) is 45.5 Å². The second-order valence-corrected chi connectivity index (χ2v) is 7.59. The van der Waals surface area contributed by atoms with Gasteiger partial charge in [0.25, 0.3) is 0 Å². The first-order valence-corrected chi connectivity index (χ1v) is 10.6. The van der Waals surface area contributed by atoms with Gasteiger partial charge in [-0.2, -0.15) is 4.98 Å². The normalized spacial score (nSPS) is 13.0. The van der Waals surface area contributed by atoms with E-state index in [0.717, 1.165) is 0 Å². The van der Waals surface area contributed by atoms with Crippen molar-refractivity contribution >= 4 is 5.97 Å². The molecule has 0 amide bonds. The summed E-state index contributed by atoms with van der Waals surface area (Å²) in [5.74, 6) is 1.94. The minimum absolute atomic E-state index is 0.0723. The number of benzene rings is 1. The number of rotatable bonds is 13. The Bertz CT molecular complexity index is 844. The lowest BCUT2D eigenvalue weighted by Gasteiger charge is -2.20. The van der Waals surface area contributed by atoms with E-state index in [4.69, 9.17) is 23.5 Å². The van der Waals surface area contributed by atoms with E-state index in [0.29, 0.717) is 47.4 Å². The number of methoxy groups -OCH3 is 3. The van der Waals surface area contributed by atoms with Gasteiger partial charge in [-0.25, -0.2) is 0 Å². The highest BCUT2D eigenvalue weighted by Gasteiger charge is 2.25. The van der Waals surface area contributed by atoms with Gasteiger partial charge >= 0.3 is 5.97 Å². The zero-order chi connectivity index (χ0) is 23.7. The Kier molecular flexibility index (Phi) is 9.73. The smallest absolute Gasteiger partial charge is 0.305 e. The van der Waals surface area contributed by atoms with E-state index in [9.17, 15) is 9.90 Å². The molecule has 0 unspecified atom stereocenters. The van der Waals surface area contributed by atoms with Crippen LogP contribution in [-0.2, 0) is 9.53 Å². The molecule has 2 N–H and O–H groups in total. The minimum atomic E-state index is -0.852. The molecule has 1 aromatic heterocycles. The molecule has 32 heavy (non-hydrogen) atoms. The van der Waals surface area contributed by atoms with Crippen molar-refractivity contribution in [3.05, 3.63) is 18.0 Å². The number of carbonyl (C=O) groups is 1. The van der Waals surface area contributed by atoms with Crippen molar-refractivity contribution in [3.8, 4) is 28.6 Å². The molecule has 0 saturated carbocycles. The Labute approximate surface area is 188 Å². The van der Waals surface area contributed by atoms with Crippen molar-refractivity contribution in [3.63, 3.8) is 0 Å². The fourth-order valence-corrected chi connectivity index (χ4v) is 3.08. The number of nitrogens with one attached hydrogen (secondary N) is 1. The predicted octanol–water partition coefficient (Wildman–Crippen LogP) is 2.75. The second-order valence-electron chi connectivity index (χ2n) is 7.59. The van der Waals surface area contributed by atoms with Gasteiger partial charge in [0, 0.05) is 18.5 Å². The third-order valence-electron chi connectivity index (χ3n) is 4.76. The first kappa shape index (κ1) is 25.4. The highest BCUT2D eigenvalue weighted by Crippen LogP contribution is 2.40. The summed E-state index contributed by atoms with van der Waals surface area (Å²) in [5.41, 5.74) is 0.639. The summed E-state index contributed by atoms with van der Waals surface area (Å²) in [7, 11) is 4.60. The standard InChI is InChI=1S/C22H33N3O7/c1-7-8-18(27)31-12-15(26)11-23-19(13(2)3)22-24-21(25-32-22)14-9-16(28-4)20(30-6)17(10-14)29-5/h9-10,13,15,19,23,26H,7-8,11-12H2,1-6H3/t15-,19+/m0/s1. The summed E-state index contributed by atoms with van der Waals surface area (Å²) in [6, 6.07) is 3.17. The summed E-state index contributed by atoms with van der Waals surface area (Å²) in [6.45, 7) is 6.01. The maximum Gasteiger partial charge on any atom is 0.305 e. The molecule has 178 valence electrons. The van der Waals surface area contributed by atoms with E-state index in [2.05, 4.69) is 15.5 Å². The molecule has 10 nitrogen and oxygen atoms in total. The Morgan fingerprint density at radius 1 is 1.16 bits per heavy atom. The van der Waals surface area contributed by atoms with E-state index >= 15 is 0 Å². The molecule has 0 fully saturated rings. The van der Waals surface area contributed by atoms with Crippen LogP contribution < -0.4 is 19.5 Å². The van der Waals surface area contributed by atoms with Gasteiger partial charge in [0.1, 0.15) is 12.7 Å². The van der Waals surface area contributed by atoms with Crippen LogP contribution in [-0.4, -0.2) is 61.8 Å². The zero-order valence-electron chi connectivity index (χ0n) is 19.5. The van der Waals surface area contributed by atoms with Crippen LogP contribution in [0, 0.1) is 5.92 Å². The molecule has 0 aliphatic rings. The summed E-state index contributed by atoms with van der Waals surface area (Å²) in [5, 5.41) is 17.5. The summed E-state index contributed by atoms with van der Waals surface area (Å²) < 4.78 is 26.7. The zero-order valence-corrected chi connectivity index (χ0v) is 19.5. The molecular weight excluding hydrogens is 418 g/mol. The lowest BCUT2D eigenvalue weighted by atomic mass is 10.0. The maximum atomic E-state index is 11.5. The van der Waals surface area contributed by atoms with Crippen molar-refractivity contribution in [2.45, 2.75) is 45.8 Å². The van der Waals surface area contributed by atoms with Crippen molar-refractivity contribution in [2.24, 2.45) is 5.92 Å². The number of esters is 1. The molecule has 1 aromatic carbocycles. The average molecular weight is 452 g/mol. The summed E-state index contributed by atoms with van der Waals surface area (Å²) >= 11 is 0. The van der Waals surface area contributed by atoms with Gasteiger partial charge in [-0.05, 0) is 24.5 Å². The fraction of sp³-hybridized carbons (Fsp3) is 0.591. The molecule has 0 bridgehead atoms. The highest BCUT2D eigenvalue weighted by atomic mass is 16.5. The first-order valence-electron chi connectivity index (χ1n) is 10.6. The van der Waals surface area contributed by atoms with Gasteiger partial charge in [-0.3, -0.25) is 4.79 Å². The van der Waals surface area contributed by atoms with Gasteiger partial charge in [-0.15, -0.1) is 0 Å². The van der Waals surface area contributed by atoms with E-state index in [1.807, 2.05) is 20.8 Å². The Hall–Kier alpha value is -2.85. The minimum Gasteiger partial charge on any atom is -0.493 e. The van der Waals surface area contributed by atoms with Crippen molar-refractivity contribution in [2.75, 3.05) is 34.5 Å². The Morgan fingerprint density at radius 2 is 1.81 bits per heavy atom. The Morgan fingerprint density at radius 3 is 2.34 bits per heavy atom. The molecule has 0 aliphatic carbocycles. The van der Waals surface area contributed by atoms with Crippen LogP contribution in [0.5, 0.6) is 17.2 Å². The molecule has 2 rings (SSSR count). The molecular formula is C22H33N3O7. The number of aliphatic hydroxyl groups is 1. The van der Waals surface area contributed by atoms with Crippen LogP contribution in [0.15, 0.2) is 16.7 Å². The molecule has 0 aliphatic heterocycles. The van der Waals surface area contributed by atoms with Crippen molar-refractivity contribution in [1.29, 1.82) is 0 Å². The van der Waals surface area contributed by atoms with E-state index in [1.54, 1.807) is 12.1 Å². The molecule has 1 heterocycles. The average Bonchev–Trinajstić information content (AvgIpc) is 3.26. The lowest BCUT2D eigenvalue weighted by Crippen LogP contribution is -2.35. The summed E-state index contributed by atoms with van der Waals surface area (Å²) in [6.07, 6.45) is 0.184. The second kappa shape index (κ2) is 12.3. The molecule has 0 saturated heterocycles. The number of aliphatic hydroxyl groups excluding tert-OH is 1. The van der Waals surface area contributed by atoms with Gasteiger partial charge in [0.05, 0.1) is 27.4 Å². The molecule has 0 radical (unpaired) electrons. The first-order chi connectivity index (χ1) is 15.3. The number of carbonyl (C=O) groups excluding carboxylic acids is 1. The van der Waals surface area contributed by atoms with Crippen LogP contribution in [0.25, 0.3) is 11.4 Å². The van der Waals surface area contributed by atoms with Crippen molar-refractivity contribution < 1.29 is 33.4 Å². The number of ether oxygens (including phenoxy) is 4. The quantitative estimate of drug-likeness (QED) is 0.439. The van der Waals surface area contributed by atoms with E-state index < -0.39 is 6.10 Å². The topological polar surface area (TPSA) is 125 Å². The lowest BCUT2D eigenvalue weighted by molar-refractivity contribution is -0.146. The molecule has 10 heteroatoms. The fourth-order valence-electron chi connectivity index (χ4n) is 3.08. The predicted molar refractivity (Wildman–Crippen MR) is 117 cm³/mol. The van der Waals surface area contributed by atoms with Gasteiger partial charge in [0.15, 0.2) is 11.5 Å². The number of aromatic nitrogens is 2. The highest BCUT2D eigenvalue weighted by molar-refractivity contribution is 5.69. The van der Waals surface area contributed by atoms with E-state index in [1.165, 1.54) is 21.3 Å². The van der Waals surface area contributed by atoms with E-state index in [-0.39, 0.29) is 31.1 Å². The van der Waals surface area contributed by atoms with Gasteiger partial charge in [-0.1, -0.05) is 25.9 Å². The molecule has 2 aromatic rings. The maximum absolute atomic E-state index is 11.5. The van der Waals surface area contributed by atoms with Crippen LogP contribution in [0.2, 0.25) is 0 Å². The number of nitrogens with zero attached hydrogens (tertiary/aromatic N) is 2.